The summed E-state index contributed by atoms with van der Waals surface area (Å²) in [6.45, 7) is 2.47. The number of Topliss-reactive ketones (excluding diaryl/α,β-unsaturated/α-hetero) is 1. The van der Waals surface area contributed by atoms with Crippen LogP contribution < -0.4 is 4.74 Å². The molecule has 132 valence electrons. The molecule has 1 N–H and O–H groups in total. The molecule has 1 aromatic carbocycles. The summed E-state index contributed by atoms with van der Waals surface area (Å²) in [7, 11) is 1.75. The zero-order valence-corrected chi connectivity index (χ0v) is 14.6. The minimum absolute atomic E-state index is 0.0426. The van der Waals surface area contributed by atoms with Crippen LogP contribution in [0.4, 0.5) is 0 Å². The van der Waals surface area contributed by atoms with Crippen molar-refractivity contribution in [3.05, 3.63) is 29.8 Å². The fourth-order valence-corrected chi connectivity index (χ4v) is 3.28. The van der Waals surface area contributed by atoms with Gasteiger partial charge in [-0.3, -0.25) is 9.59 Å². The normalized spacial score (nSPS) is 16.0. The topological polar surface area (TPSA) is 66.8 Å². The Hall–Kier alpha value is -1.88. The zero-order valence-electron chi connectivity index (χ0n) is 14.6. The van der Waals surface area contributed by atoms with Crippen LogP contribution in [0.25, 0.3) is 0 Å². The second-order valence-corrected chi connectivity index (χ2v) is 6.70. The lowest BCUT2D eigenvalue weighted by molar-refractivity contribution is -0.133. The third kappa shape index (κ3) is 4.57. The first kappa shape index (κ1) is 18.5. The molecule has 0 bridgehead atoms. The van der Waals surface area contributed by atoms with Crippen LogP contribution in [-0.4, -0.2) is 48.5 Å². The average Bonchev–Trinajstić information content (AvgIpc) is 3.08. The second-order valence-electron chi connectivity index (χ2n) is 6.70. The van der Waals surface area contributed by atoms with Crippen LogP contribution in [0.1, 0.15) is 49.4 Å². The van der Waals surface area contributed by atoms with E-state index in [9.17, 15) is 14.7 Å². The number of rotatable bonds is 8. The predicted octanol–water partition coefficient (Wildman–Crippen LogP) is 2.67. The monoisotopic (exact) mass is 333 g/mol. The van der Waals surface area contributed by atoms with Gasteiger partial charge in [0.1, 0.15) is 5.75 Å². The van der Waals surface area contributed by atoms with Crippen LogP contribution >= 0.6 is 0 Å². The number of nitrogens with zero attached hydrogens (tertiary/aromatic N) is 1. The van der Waals surface area contributed by atoms with Gasteiger partial charge in [0, 0.05) is 31.0 Å². The fourth-order valence-electron chi connectivity index (χ4n) is 3.28. The van der Waals surface area contributed by atoms with E-state index in [1.807, 2.05) is 6.92 Å². The van der Waals surface area contributed by atoms with E-state index >= 15 is 0 Å². The van der Waals surface area contributed by atoms with E-state index in [2.05, 4.69) is 0 Å². The fraction of sp³-hybridized carbons (Fsp3) is 0.579. The average molecular weight is 333 g/mol. The molecule has 0 radical (unpaired) electrons. The molecular weight excluding hydrogens is 306 g/mol. The number of carbonyl (C=O) groups excluding carboxylic acids is 2. The Labute approximate surface area is 143 Å². The highest BCUT2D eigenvalue weighted by Gasteiger charge is 2.35. The molecule has 1 fully saturated rings. The maximum absolute atomic E-state index is 12.2. The second kappa shape index (κ2) is 8.29. The number of hydrogen-bond donors (Lipinski definition) is 1. The third-order valence-electron chi connectivity index (χ3n) is 4.86. The van der Waals surface area contributed by atoms with Gasteiger partial charge in [0.15, 0.2) is 12.4 Å². The molecule has 1 aliphatic rings. The summed E-state index contributed by atoms with van der Waals surface area (Å²) in [6, 6.07) is 6.86. The quantitative estimate of drug-likeness (QED) is 0.743. The van der Waals surface area contributed by atoms with E-state index in [4.69, 9.17) is 4.74 Å². The number of ketones is 1. The number of ether oxygens (including phenoxy) is 1. The number of benzene rings is 1. The molecule has 0 saturated heterocycles. The Balaban J connectivity index is 1.84. The maximum atomic E-state index is 12.2. The molecule has 2 rings (SSSR count). The maximum Gasteiger partial charge on any atom is 0.260 e. The van der Waals surface area contributed by atoms with Gasteiger partial charge in [0.2, 0.25) is 0 Å². The van der Waals surface area contributed by atoms with Crippen molar-refractivity contribution in [1.82, 2.24) is 4.90 Å². The van der Waals surface area contributed by atoms with E-state index in [1.54, 1.807) is 36.2 Å². The van der Waals surface area contributed by atoms with Gasteiger partial charge in [-0.05, 0) is 37.1 Å². The van der Waals surface area contributed by atoms with Gasteiger partial charge in [0.05, 0.1) is 6.61 Å². The van der Waals surface area contributed by atoms with Crippen LogP contribution in [0.15, 0.2) is 24.3 Å². The molecular formula is C19H27NO4. The molecule has 0 aromatic heterocycles. The number of hydrogen-bond acceptors (Lipinski definition) is 4. The SMILES string of the molecule is CCC(=O)c1ccc(OCC(=O)N(C)CC2(CO)CCCC2)cc1. The van der Waals surface area contributed by atoms with Crippen molar-refractivity contribution in [2.24, 2.45) is 5.41 Å². The molecule has 1 saturated carbocycles. The summed E-state index contributed by atoms with van der Waals surface area (Å²) in [6.07, 6.45) is 4.63. The molecule has 1 aliphatic carbocycles. The third-order valence-corrected chi connectivity index (χ3v) is 4.86. The van der Waals surface area contributed by atoms with E-state index in [0.717, 1.165) is 25.7 Å². The first-order valence-corrected chi connectivity index (χ1v) is 8.60. The molecule has 0 aliphatic heterocycles. The molecule has 1 aromatic rings. The Morgan fingerprint density at radius 1 is 1.21 bits per heavy atom. The molecule has 0 unspecified atom stereocenters. The standard InChI is InChI=1S/C19H27NO4/c1-3-17(22)15-6-8-16(9-7-15)24-12-18(23)20(2)13-19(14-21)10-4-5-11-19/h6-9,21H,3-5,10-14H2,1-2H3. The van der Waals surface area contributed by atoms with Gasteiger partial charge < -0.3 is 14.7 Å². The molecule has 1 amide bonds. The lowest BCUT2D eigenvalue weighted by Gasteiger charge is -2.31. The number of carbonyl (C=O) groups is 2. The summed E-state index contributed by atoms with van der Waals surface area (Å²) in [5.41, 5.74) is 0.506. The number of likely N-dealkylation sites (N-methyl/N-ethyl adjacent to an activating group) is 1. The summed E-state index contributed by atoms with van der Waals surface area (Å²) in [5, 5.41) is 9.65. The van der Waals surface area contributed by atoms with Crippen LogP contribution in [0.5, 0.6) is 5.75 Å². The smallest absolute Gasteiger partial charge is 0.260 e. The Kier molecular flexibility index (Phi) is 6.37. The van der Waals surface area contributed by atoms with Crippen LogP contribution in [0, 0.1) is 5.41 Å². The van der Waals surface area contributed by atoms with E-state index in [0.29, 0.717) is 24.3 Å². The largest absolute Gasteiger partial charge is 0.484 e. The van der Waals surface area contributed by atoms with E-state index < -0.39 is 0 Å². The van der Waals surface area contributed by atoms with Gasteiger partial charge >= 0.3 is 0 Å². The Bertz CT molecular complexity index is 561. The van der Waals surface area contributed by atoms with Crippen LogP contribution in [0.2, 0.25) is 0 Å². The first-order valence-electron chi connectivity index (χ1n) is 8.60. The molecule has 0 spiro atoms. The van der Waals surface area contributed by atoms with Gasteiger partial charge in [-0.25, -0.2) is 0 Å². The van der Waals surface area contributed by atoms with Crippen molar-refractivity contribution in [1.29, 1.82) is 0 Å². The lowest BCUT2D eigenvalue weighted by atomic mass is 9.87. The van der Waals surface area contributed by atoms with E-state index in [-0.39, 0.29) is 30.3 Å². The summed E-state index contributed by atoms with van der Waals surface area (Å²) >= 11 is 0. The summed E-state index contributed by atoms with van der Waals surface area (Å²) in [5.74, 6) is 0.550. The zero-order chi connectivity index (χ0) is 17.6. The van der Waals surface area contributed by atoms with Gasteiger partial charge in [0.25, 0.3) is 5.91 Å². The highest BCUT2D eigenvalue weighted by molar-refractivity contribution is 5.95. The number of amides is 1. The van der Waals surface area contributed by atoms with Gasteiger partial charge in [-0.1, -0.05) is 19.8 Å². The van der Waals surface area contributed by atoms with Crippen molar-refractivity contribution in [3.8, 4) is 5.75 Å². The molecule has 5 nitrogen and oxygen atoms in total. The Morgan fingerprint density at radius 3 is 2.38 bits per heavy atom. The minimum Gasteiger partial charge on any atom is -0.484 e. The van der Waals surface area contributed by atoms with Crippen molar-refractivity contribution in [3.63, 3.8) is 0 Å². The first-order chi connectivity index (χ1) is 11.5. The molecule has 0 atom stereocenters. The highest BCUT2D eigenvalue weighted by atomic mass is 16.5. The molecule has 5 heteroatoms. The van der Waals surface area contributed by atoms with Gasteiger partial charge in [-0.15, -0.1) is 0 Å². The van der Waals surface area contributed by atoms with E-state index in [1.165, 1.54) is 0 Å². The number of aliphatic hydroxyl groups is 1. The predicted molar refractivity (Wildman–Crippen MR) is 92.2 cm³/mol. The summed E-state index contributed by atoms with van der Waals surface area (Å²) < 4.78 is 5.52. The summed E-state index contributed by atoms with van der Waals surface area (Å²) in [4.78, 5) is 25.5. The van der Waals surface area contributed by atoms with Gasteiger partial charge in [-0.2, -0.15) is 0 Å². The van der Waals surface area contributed by atoms with Crippen molar-refractivity contribution in [2.45, 2.75) is 39.0 Å². The lowest BCUT2D eigenvalue weighted by Crippen LogP contribution is -2.41. The van der Waals surface area contributed by atoms with Crippen molar-refractivity contribution < 1.29 is 19.4 Å². The van der Waals surface area contributed by atoms with Crippen molar-refractivity contribution in [2.75, 3.05) is 26.8 Å². The highest BCUT2D eigenvalue weighted by Crippen LogP contribution is 2.38. The number of aliphatic hydroxyl groups excluding tert-OH is 1. The minimum atomic E-state index is -0.146. The molecule has 0 heterocycles. The molecule has 24 heavy (non-hydrogen) atoms. The van der Waals surface area contributed by atoms with Crippen LogP contribution in [-0.2, 0) is 4.79 Å². The van der Waals surface area contributed by atoms with Crippen molar-refractivity contribution >= 4 is 11.7 Å². The Morgan fingerprint density at radius 2 is 1.83 bits per heavy atom. The van der Waals surface area contributed by atoms with Crippen LogP contribution in [0.3, 0.4) is 0 Å².